The van der Waals surface area contributed by atoms with Crippen LogP contribution < -0.4 is 20.1 Å². The lowest BCUT2D eigenvalue weighted by Crippen LogP contribution is -2.36. The van der Waals surface area contributed by atoms with Gasteiger partial charge in [-0.1, -0.05) is 19.9 Å². The molecule has 0 atom stereocenters. The number of rotatable bonds is 9. The number of halogens is 2. The zero-order chi connectivity index (χ0) is 20.5. The highest BCUT2D eigenvalue weighted by Gasteiger charge is 2.11. The van der Waals surface area contributed by atoms with Gasteiger partial charge in [-0.05, 0) is 30.5 Å². The molecule has 28 heavy (non-hydrogen) atoms. The quantitative estimate of drug-likeness (QED) is 0.479. The third kappa shape index (κ3) is 6.63. The normalized spacial score (nSPS) is 11.8. The number of nitrogens with zero attached hydrogens (tertiary/aromatic N) is 2. The molecule has 2 N–H and O–H groups in total. The van der Waals surface area contributed by atoms with Crippen LogP contribution in [0.1, 0.15) is 43.0 Å². The van der Waals surface area contributed by atoms with Gasteiger partial charge in [0.05, 0.1) is 25.9 Å². The first-order valence-electron chi connectivity index (χ1n) is 9.01. The topological polar surface area (TPSA) is 67.8 Å². The van der Waals surface area contributed by atoms with Gasteiger partial charge in [0.25, 0.3) is 0 Å². The van der Waals surface area contributed by atoms with Crippen molar-refractivity contribution in [3.05, 3.63) is 39.8 Å². The fourth-order valence-electron chi connectivity index (χ4n) is 2.35. The van der Waals surface area contributed by atoms with Crippen molar-refractivity contribution in [3.8, 4) is 11.5 Å². The highest BCUT2D eigenvalue weighted by molar-refractivity contribution is 7.09. The first-order chi connectivity index (χ1) is 13.4. The number of hydrogen-bond donors (Lipinski definition) is 2. The molecule has 0 radical (unpaired) electrons. The number of thiazole rings is 1. The lowest BCUT2D eigenvalue weighted by atomic mass is 10.2. The van der Waals surface area contributed by atoms with Crippen molar-refractivity contribution >= 4 is 17.3 Å². The largest absolute Gasteiger partial charge is 0.493 e. The van der Waals surface area contributed by atoms with Gasteiger partial charge in [-0.2, -0.15) is 8.78 Å². The van der Waals surface area contributed by atoms with Crippen LogP contribution in [-0.2, 0) is 13.1 Å². The molecule has 154 valence electrons. The van der Waals surface area contributed by atoms with Crippen molar-refractivity contribution in [1.29, 1.82) is 0 Å². The van der Waals surface area contributed by atoms with E-state index in [0.29, 0.717) is 31.5 Å². The number of hydrogen-bond acceptors (Lipinski definition) is 5. The minimum atomic E-state index is -2.92. The van der Waals surface area contributed by atoms with E-state index in [4.69, 9.17) is 4.74 Å². The molecular formula is C19H26F2N4O2S. The summed E-state index contributed by atoms with van der Waals surface area (Å²) in [4.78, 5) is 9.09. The van der Waals surface area contributed by atoms with Gasteiger partial charge in [-0.15, -0.1) is 11.3 Å². The SMILES string of the molecule is CCNC(=NCc1ccc(OC)c(OC(F)F)c1)NCc1nc(C(C)C)cs1. The molecule has 0 unspecified atom stereocenters. The van der Waals surface area contributed by atoms with E-state index in [9.17, 15) is 8.78 Å². The first-order valence-corrected chi connectivity index (χ1v) is 9.89. The van der Waals surface area contributed by atoms with Crippen molar-refractivity contribution in [2.24, 2.45) is 4.99 Å². The summed E-state index contributed by atoms with van der Waals surface area (Å²) in [5.41, 5.74) is 1.80. The van der Waals surface area contributed by atoms with Crippen molar-refractivity contribution in [1.82, 2.24) is 15.6 Å². The van der Waals surface area contributed by atoms with Crippen LogP contribution in [-0.4, -0.2) is 31.2 Å². The Labute approximate surface area is 168 Å². The van der Waals surface area contributed by atoms with E-state index in [1.54, 1.807) is 23.5 Å². The van der Waals surface area contributed by atoms with Crippen molar-refractivity contribution in [2.45, 2.75) is 46.4 Å². The molecule has 0 saturated heterocycles. The molecule has 6 nitrogen and oxygen atoms in total. The van der Waals surface area contributed by atoms with Gasteiger partial charge in [-0.25, -0.2) is 9.98 Å². The van der Waals surface area contributed by atoms with E-state index < -0.39 is 6.61 Å². The Hall–Kier alpha value is -2.42. The Balaban J connectivity index is 2.04. The number of nitrogens with one attached hydrogen (secondary N) is 2. The monoisotopic (exact) mass is 412 g/mol. The van der Waals surface area contributed by atoms with E-state index in [1.807, 2.05) is 6.92 Å². The summed E-state index contributed by atoms with van der Waals surface area (Å²) in [6.45, 7) is 4.83. The smallest absolute Gasteiger partial charge is 0.387 e. The molecule has 0 amide bonds. The second kappa shape index (κ2) is 10.8. The number of methoxy groups -OCH3 is 1. The van der Waals surface area contributed by atoms with Gasteiger partial charge in [0.15, 0.2) is 17.5 Å². The van der Waals surface area contributed by atoms with Gasteiger partial charge >= 0.3 is 6.61 Å². The molecule has 9 heteroatoms. The third-order valence-electron chi connectivity index (χ3n) is 3.78. The van der Waals surface area contributed by atoms with Crippen LogP contribution in [0.3, 0.4) is 0 Å². The number of aliphatic imine (C=N–C) groups is 1. The molecule has 2 rings (SSSR count). The molecule has 0 aliphatic heterocycles. The summed E-state index contributed by atoms with van der Waals surface area (Å²) in [6, 6.07) is 4.86. The van der Waals surface area contributed by atoms with Crippen molar-refractivity contribution < 1.29 is 18.3 Å². The van der Waals surface area contributed by atoms with E-state index in [0.717, 1.165) is 16.3 Å². The van der Waals surface area contributed by atoms with Crippen LogP contribution in [0.25, 0.3) is 0 Å². The zero-order valence-electron chi connectivity index (χ0n) is 16.5. The van der Waals surface area contributed by atoms with Gasteiger partial charge in [0.1, 0.15) is 5.01 Å². The molecule has 1 heterocycles. The van der Waals surface area contributed by atoms with Gasteiger partial charge in [-0.3, -0.25) is 0 Å². The van der Waals surface area contributed by atoms with Crippen LogP contribution in [0.4, 0.5) is 8.78 Å². The number of benzene rings is 1. The van der Waals surface area contributed by atoms with Gasteiger partial charge < -0.3 is 20.1 Å². The summed E-state index contributed by atoms with van der Waals surface area (Å²) in [7, 11) is 1.40. The molecule has 0 fully saturated rings. The van der Waals surface area contributed by atoms with Crippen LogP contribution >= 0.6 is 11.3 Å². The minimum Gasteiger partial charge on any atom is -0.493 e. The fraction of sp³-hybridized carbons (Fsp3) is 0.474. The fourth-order valence-corrected chi connectivity index (χ4v) is 3.25. The second-order valence-corrected chi connectivity index (χ2v) is 7.18. The molecule has 2 aromatic rings. The third-order valence-corrected chi connectivity index (χ3v) is 4.64. The highest BCUT2D eigenvalue weighted by atomic mass is 32.1. The number of ether oxygens (including phenoxy) is 2. The molecule has 1 aromatic heterocycles. The lowest BCUT2D eigenvalue weighted by Gasteiger charge is -2.12. The van der Waals surface area contributed by atoms with E-state index in [-0.39, 0.29) is 11.5 Å². The number of aromatic nitrogens is 1. The van der Waals surface area contributed by atoms with Gasteiger partial charge in [0, 0.05) is 11.9 Å². The van der Waals surface area contributed by atoms with E-state index >= 15 is 0 Å². The Morgan fingerprint density at radius 2 is 2.04 bits per heavy atom. The molecular weight excluding hydrogens is 386 g/mol. The lowest BCUT2D eigenvalue weighted by molar-refractivity contribution is -0.0512. The molecule has 0 aliphatic rings. The van der Waals surface area contributed by atoms with Crippen LogP contribution in [0, 0.1) is 0 Å². The Kier molecular flexibility index (Phi) is 8.43. The number of alkyl halides is 2. The Morgan fingerprint density at radius 1 is 1.25 bits per heavy atom. The molecule has 0 saturated carbocycles. The highest BCUT2D eigenvalue weighted by Crippen LogP contribution is 2.29. The predicted molar refractivity (Wildman–Crippen MR) is 107 cm³/mol. The van der Waals surface area contributed by atoms with Crippen molar-refractivity contribution in [3.63, 3.8) is 0 Å². The van der Waals surface area contributed by atoms with E-state index in [2.05, 4.69) is 44.6 Å². The maximum Gasteiger partial charge on any atom is 0.387 e. The van der Waals surface area contributed by atoms with Crippen LogP contribution in [0.15, 0.2) is 28.6 Å². The minimum absolute atomic E-state index is 0.00726. The summed E-state index contributed by atoms with van der Waals surface area (Å²) < 4.78 is 34.7. The maximum absolute atomic E-state index is 12.6. The van der Waals surface area contributed by atoms with Crippen LogP contribution in [0.5, 0.6) is 11.5 Å². The summed E-state index contributed by atoms with van der Waals surface area (Å²) in [5, 5.41) is 9.44. The summed E-state index contributed by atoms with van der Waals surface area (Å²) in [5.74, 6) is 1.26. The number of guanidine groups is 1. The summed E-state index contributed by atoms with van der Waals surface area (Å²) in [6.07, 6.45) is 0. The molecule has 0 spiro atoms. The van der Waals surface area contributed by atoms with Gasteiger partial charge in [0.2, 0.25) is 0 Å². The zero-order valence-corrected chi connectivity index (χ0v) is 17.3. The molecule has 0 aliphatic carbocycles. The van der Waals surface area contributed by atoms with E-state index in [1.165, 1.54) is 13.2 Å². The maximum atomic E-state index is 12.6. The Bertz CT molecular complexity index is 781. The van der Waals surface area contributed by atoms with Crippen molar-refractivity contribution in [2.75, 3.05) is 13.7 Å². The Morgan fingerprint density at radius 3 is 2.64 bits per heavy atom. The van der Waals surface area contributed by atoms with Crippen LogP contribution in [0.2, 0.25) is 0 Å². The summed E-state index contributed by atoms with van der Waals surface area (Å²) >= 11 is 1.61. The molecule has 0 bridgehead atoms. The standard InChI is InChI=1S/C19H26F2N4O2S/c1-5-22-19(24-10-17-25-14(11-28-17)12(2)3)23-9-13-6-7-15(26-4)16(8-13)27-18(20)21/h6-8,11-12,18H,5,9-10H2,1-4H3,(H2,22,23,24). The average molecular weight is 413 g/mol. The predicted octanol–water partition coefficient (Wildman–Crippen LogP) is 4.13. The second-order valence-electron chi connectivity index (χ2n) is 6.23. The first kappa shape index (κ1) is 21.9. The molecule has 1 aromatic carbocycles. The average Bonchev–Trinajstić information content (AvgIpc) is 3.13.